The van der Waals surface area contributed by atoms with E-state index >= 15 is 0 Å². The summed E-state index contributed by atoms with van der Waals surface area (Å²) in [7, 11) is 0. The number of thioether (sulfide) groups is 1. The zero-order chi connectivity index (χ0) is 13.6. The Morgan fingerprint density at radius 2 is 2.17 bits per heavy atom. The third kappa shape index (κ3) is 6.21. The average molecular weight is 283 g/mol. The monoisotopic (exact) mass is 283 g/mol. The van der Waals surface area contributed by atoms with Crippen molar-refractivity contribution in [2.45, 2.75) is 32.4 Å². The van der Waals surface area contributed by atoms with Crippen molar-refractivity contribution in [1.82, 2.24) is 10.3 Å². The Hall–Kier alpha value is -0.810. The molecule has 1 aromatic rings. The number of nitrogens with zero attached hydrogens (tertiary/aromatic N) is 1. The molecule has 0 saturated carbocycles. The fourth-order valence-electron chi connectivity index (χ4n) is 1.29. The van der Waals surface area contributed by atoms with E-state index in [0.717, 1.165) is 23.7 Å². The molecule has 0 aliphatic heterocycles. The molecule has 18 heavy (non-hydrogen) atoms. The highest BCUT2D eigenvalue weighted by Crippen LogP contribution is 2.21. The van der Waals surface area contributed by atoms with E-state index in [4.69, 9.17) is 12.2 Å². The fraction of sp³-hybridized carbons (Fsp3) is 0.538. The largest absolute Gasteiger partial charge is 0.362 e. The maximum atomic E-state index is 5.23. The molecule has 0 aliphatic carbocycles. The lowest BCUT2D eigenvalue weighted by Crippen LogP contribution is -2.31. The third-order valence-corrected chi connectivity index (χ3v) is 3.68. The molecule has 1 heterocycles. The van der Waals surface area contributed by atoms with Crippen LogP contribution in [0.4, 0.5) is 5.82 Å². The Morgan fingerprint density at radius 3 is 2.78 bits per heavy atom. The van der Waals surface area contributed by atoms with Crippen LogP contribution in [0.15, 0.2) is 18.3 Å². The van der Waals surface area contributed by atoms with Crippen LogP contribution >= 0.6 is 24.0 Å². The maximum Gasteiger partial charge on any atom is 0.171 e. The Balaban J connectivity index is 2.29. The summed E-state index contributed by atoms with van der Waals surface area (Å²) in [6.07, 6.45) is 1.76. The van der Waals surface area contributed by atoms with Gasteiger partial charge in [0.2, 0.25) is 0 Å². The van der Waals surface area contributed by atoms with Crippen molar-refractivity contribution in [2.75, 3.05) is 17.6 Å². The Labute approximate surface area is 119 Å². The molecule has 0 saturated heterocycles. The van der Waals surface area contributed by atoms with Crippen LogP contribution in [-0.2, 0) is 0 Å². The number of hydrogen-bond acceptors (Lipinski definition) is 3. The second-order valence-electron chi connectivity index (χ2n) is 5.01. The molecule has 2 N–H and O–H groups in total. The lowest BCUT2D eigenvalue weighted by atomic mass is 10.3. The first-order chi connectivity index (χ1) is 8.38. The van der Waals surface area contributed by atoms with Gasteiger partial charge in [-0.2, -0.15) is 11.8 Å². The maximum absolute atomic E-state index is 5.23. The molecular weight excluding hydrogens is 262 g/mol. The molecule has 0 aromatic carbocycles. The van der Waals surface area contributed by atoms with Crippen molar-refractivity contribution < 1.29 is 0 Å². The molecule has 0 atom stereocenters. The highest BCUT2D eigenvalue weighted by atomic mass is 32.2. The first-order valence-corrected chi connectivity index (χ1v) is 7.38. The number of aromatic nitrogens is 1. The molecule has 100 valence electrons. The van der Waals surface area contributed by atoms with Gasteiger partial charge in [0.05, 0.1) is 0 Å². The van der Waals surface area contributed by atoms with Crippen molar-refractivity contribution in [3.05, 3.63) is 23.9 Å². The van der Waals surface area contributed by atoms with Gasteiger partial charge in [0.15, 0.2) is 5.11 Å². The summed E-state index contributed by atoms with van der Waals surface area (Å²) in [5.41, 5.74) is 1.09. The molecule has 0 radical (unpaired) electrons. The molecule has 1 aromatic heterocycles. The number of rotatable bonds is 4. The van der Waals surface area contributed by atoms with Crippen LogP contribution in [0.2, 0.25) is 0 Å². The zero-order valence-corrected chi connectivity index (χ0v) is 13.0. The number of pyridine rings is 1. The smallest absolute Gasteiger partial charge is 0.171 e. The summed E-state index contributed by atoms with van der Waals surface area (Å²) in [6, 6.07) is 3.92. The van der Waals surface area contributed by atoms with Crippen molar-refractivity contribution >= 4 is 34.9 Å². The fourth-order valence-corrected chi connectivity index (χ4v) is 2.31. The first-order valence-electron chi connectivity index (χ1n) is 5.99. The van der Waals surface area contributed by atoms with Gasteiger partial charge in [-0.15, -0.1) is 0 Å². The molecule has 3 nitrogen and oxygen atoms in total. The molecule has 0 spiro atoms. The van der Waals surface area contributed by atoms with Gasteiger partial charge in [-0.25, -0.2) is 4.98 Å². The summed E-state index contributed by atoms with van der Waals surface area (Å²) >= 11 is 7.15. The number of thiocarbonyl (C=S) groups is 1. The van der Waals surface area contributed by atoms with Crippen LogP contribution < -0.4 is 10.6 Å². The van der Waals surface area contributed by atoms with Crippen LogP contribution in [0, 0.1) is 6.92 Å². The molecule has 0 aliphatic rings. The minimum atomic E-state index is 0.300. The summed E-state index contributed by atoms with van der Waals surface area (Å²) in [5.74, 6) is 1.85. The zero-order valence-electron chi connectivity index (χ0n) is 11.4. The Morgan fingerprint density at radius 1 is 1.44 bits per heavy atom. The van der Waals surface area contributed by atoms with Crippen molar-refractivity contribution in [2.24, 2.45) is 0 Å². The highest BCUT2D eigenvalue weighted by molar-refractivity contribution is 8.00. The van der Waals surface area contributed by atoms with E-state index in [9.17, 15) is 0 Å². The second-order valence-corrected chi connectivity index (χ2v) is 7.34. The van der Waals surface area contributed by atoms with Crippen LogP contribution in [0.25, 0.3) is 0 Å². The van der Waals surface area contributed by atoms with Gasteiger partial charge in [-0.1, -0.05) is 26.8 Å². The summed E-state index contributed by atoms with van der Waals surface area (Å²) in [4.78, 5) is 4.24. The van der Waals surface area contributed by atoms with E-state index in [0.29, 0.717) is 9.86 Å². The molecular formula is C13H21N3S2. The van der Waals surface area contributed by atoms with Gasteiger partial charge in [0.1, 0.15) is 5.82 Å². The topological polar surface area (TPSA) is 37.0 Å². The number of hydrogen-bond donors (Lipinski definition) is 2. The SMILES string of the molecule is Cc1cccnc1NC(=S)NCCSC(C)(C)C. The van der Waals surface area contributed by atoms with Gasteiger partial charge in [0, 0.05) is 23.2 Å². The van der Waals surface area contributed by atoms with E-state index in [1.807, 2.05) is 30.8 Å². The van der Waals surface area contributed by atoms with E-state index in [1.165, 1.54) is 0 Å². The minimum Gasteiger partial charge on any atom is -0.362 e. The second kappa shape index (κ2) is 6.95. The summed E-state index contributed by atoms with van der Waals surface area (Å²) in [6.45, 7) is 9.51. The van der Waals surface area contributed by atoms with E-state index in [1.54, 1.807) is 6.20 Å². The number of aryl methyl sites for hydroxylation is 1. The van der Waals surface area contributed by atoms with Gasteiger partial charge in [-0.3, -0.25) is 0 Å². The third-order valence-electron chi connectivity index (χ3n) is 2.16. The van der Waals surface area contributed by atoms with Gasteiger partial charge in [0.25, 0.3) is 0 Å². The molecule has 0 fully saturated rings. The Kier molecular flexibility index (Phi) is 5.88. The first kappa shape index (κ1) is 15.2. The van der Waals surface area contributed by atoms with Crippen molar-refractivity contribution in [1.29, 1.82) is 0 Å². The summed E-state index contributed by atoms with van der Waals surface area (Å²) < 4.78 is 0.300. The van der Waals surface area contributed by atoms with Crippen molar-refractivity contribution in [3.63, 3.8) is 0 Å². The average Bonchev–Trinajstić information content (AvgIpc) is 2.26. The molecule has 1 rings (SSSR count). The predicted octanol–water partition coefficient (Wildman–Crippen LogP) is 3.21. The minimum absolute atomic E-state index is 0.300. The van der Waals surface area contributed by atoms with Crippen LogP contribution in [0.5, 0.6) is 0 Å². The molecule has 0 bridgehead atoms. The summed E-state index contributed by atoms with van der Waals surface area (Å²) in [5, 5.41) is 6.93. The van der Waals surface area contributed by atoms with E-state index < -0.39 is 0 Å². The number of anilines is 1. The van der Waals surface area contributed by atoms with E-state index in [-0.39, 0.29) is 0 Å². The standard InChI is InChI=1S/C13H21N3S2/c1-10-6-5-7-14-11(10)16-12(17)15-8-9-18-13(2,3)4/h5-7H,8-9H2,1-4H3,(H2,14,15,16,17). The lowest BCUT2D eigenvalue weighted by Gasteiger charge is -2.18. The molecule has 0 unspecified atom stereocenters. The van der Waals surface area contributed by atoms with Crippen LogP contribution in [0.1, 0.15) is 26.3 Å². The number of nitrogens with one attached hydrogen (secondary N) is 2. The van der Waals surface area contributed by atoms with Crippen LogP contribution in [-0.4, -0.2) is 27.1 Å². The normalized spacial score (nSPS) is 11.1. The lowest BCUT2D eigenvalue weighted by molar-refractivity contribution is 0.800. The highest BCUT2D eigenvalue weighted by Gasteiger charge is 2.09. The molecule has 5 heteroatoms. The Bertz CT molecular complexity index is 399. The van der Waals surface area contributed by atoms with Gasteiger partial charge >= 0.3 is 0 Å². The van der Waals surface area contributed by atoms with Gasteiger partial charge in [-0.05, 0) is 30.8 Å². The quantitative estimate of drug-likeness (QED) is 0.655. The van der Waals surface area contributed by atoms with Crippen molar-refractivity contribution in [3.8, 4) is 0 Å². The van der Waals surface area contributed by atoms with Gasteiger partial charge < -0.3 is 10.6 Å². The predicted molar refractivity (Wildman–Crippen MR) is 85.4 cm³/mol. The molecule has 0 amide bonds. The van der Waals surface area contributed by atoms with Crippen LogP contribution in [0.3, 0.4) is 0 Å². The van der Waals surface area contributed by atoms with E-state index in [2.05, 4.69) is 36.4 Å².